The van der Waals surface area contributed by atoms with E-state index in [1.165, 1.54) is 12.1 Å². The minimum atomic E-state index is -0.250. The maximum Gasteiger partial charge on any atom is 0.125 e. The van der Waals surface area contributed by atoms with Gasteiger partial charge in [-0.2, -0.15) is 0 Å². The molecule has 2 nitrogen and oxygen atoms in total. The Hall–Kier alpha value is -2.03. The van der Waals surface area contributed by atoms with Gasteiger partial charge in [-0.1, -0.05) is 12.1 Å². The van der Waals surface area contributed by atoms with E-state index >= 15 is 0 Å². The molecule has 3 heteroatoms. The van der Waals surface area contributed by atoms with Crippen molar-refractivity contribution in [1.82, 2.24) is 0 Å². The molecule has 88 valence electrons. The molecule has 0 aliphatic carbocycles. The van der Waals surface area contributed by atoms with Gasteiger partial charge in [-0.15, -0.1) is 0 Å². The average Bonchev–Trinajstić information content (AvgIpc) is 2.28. The predicted molar refractivity (Wildman–Crippen MR) is 70.0 cm³/mol. The number of hydrogen-bond acceptors (Lipinski definition) is 2. The normalized spacial score (nSPS) is 10.3. The third-order valence-corrected chi connectivity index (χ3v) is 2.73. The van der Waals surface area contributed by atoms with Crippen molar-refractivity contribution in [2.45, 2.75) is 13.8 Å². The molecule has 0 aromatic heterocycles. The minimum Gasteiger partial charge on any atom is -0.399 e. The molecule has 0 fully saturated rings. The van der Waals surface area contributed by atoms with Crippen LogP contribution in [0.15, 0.2) is 36.4 Å². The summed E-state index contributed by atoms with van der Waals surface area (Å²) in [5.74, 6) is -0.250. The summed E-state index contributed by atoms with van der Waals surface area (Å²) < 4.78 is 13.2. The van der Waals surface area contributed by atoms with Crippen LogP contribution in [0.3, 0.4) is 0 Å². The minimum absolute atomic E-state index is 0.250. The molecule has 0 aliphatic heterocycles. The highest BCUT2D eigenvalue weighted by Gasteiger charge is 2.03. The van der Waals surface area contributed by atoms with Crippen LogP contribution in [-0.4, -0.2) is 0 Å². The Balaban J connectivity index is 2.37. The molecule has 0 bridgehead atoms. The van der Waals surface area contributed by atoms with Crippen LogP contribution < -0.4 is 11.1 Å². The molecule has 0 spiro atoms. The van der Waals surface area contributed by atoms with Gasteiger partial charge in [0.05, 0.1) is 0 Å². The molecule has 0 radical (unpaired) electrons. The van der Waals surface area contributed by atoms with Crippen LogP contribution in [0, 0.1) is 19.7 Å². The lowest BCUT2D eigenvalue weighted by Gasteiger charge is -2.12. The van der Waals surface area contributed by atoms with E-state index in [9.17, 15) is 4.39 Å². The first-order valence-electron chi connectivity index (χ1n) is 5.45. The summed E-state index contributed by atoms with van der Waals surface area (Å²) in [7, 11) is 0. The van der Waals surface area contributed by atoms with Crippen molar-refractivity contribution in [2.24, 2.45) is 0 Å². The van der Waals surface area contributed by atoms with Gasteiger partial charge >= 0.3 is 0 Å². The quantitative estimate of drug-likeness (QED) is 0.771. The zero-order valence-corrected chi connectivity index (χ0v) is 9.92. The summed E-state index contributed by atoms with van der Waals surface area (Å²) in [5.41, 5.74) is 10.2. The fraction of sp³-hybridized carbons (Fsp3) is 0.143. The highest BCUT2D eigenvalue weighted by molar-refractivity contribution is 5.68. The predicted octanol–water partition coefficient (Wildman–Crippen LogP) is 3.77. The van der Waals surface area contributed by atoms with Crippen molar-refractivity contribution >= 4 is 17.1 Å². The summed E-state index contributed by atoms with van der Waals surface area (Å²) in [4.78, 5) is 0. The first kappa shape index (κ1) is 11.5. The molecule has 0 aliphatic rings. The smallest absolute Gasteiger partial charge is 0.125 e. The van der Waals surface area contributed by atoms with Crippen molar-refractivity contribution in [3.8, 4) is 0 Å². The van der Waals surface area contributed by atoms with Crippen LogP contribution >= 0.6 is 0 Å². The van der Waals surface area contributed by atoms with Gasteiger partial charge in [0.1, 0.15) is 5.82 Å². The molecule has 0 amide bonds. The third-order valence-electron chi connectivity index (χ3n) is 2.73. The van der Waals surface area contributed by atoms with Gasteiger partial charge in [0, 0.05) is 17.1 Å². The van der Waals surface area contributed by atoms with E-state index in [-0.39, 0.29) is 5.82 Å². The van der Waals surface area contributed by atoms with Gasteiger partial charge in [0.15, 0.2) is 0 Å². The highest BCUT2D eigenvalue weighted by atomic mass is 19.1. The number of rotatable bonds is 2. The number of nitrogen functional groups attached to an aromatic ring is 1. The Morgan fingerprint density at radius 1 is 0.941 bits per heavy atom. The molecule has 17 heavy (non-hydrogen) atoms. The molecule has 2 rings (SSSR count). The number of nitrogens with one attached hydrogen (secondary N) is 1. The van der Waals surface area contributed by atoms with Gasteiger partial charge in [-0.3, -0.25) is 0 Å². The summed E-state index contributed by atoms with van der Waals surface area (Å²) >= 11 is 0. The van der Waals surface area contributed by atoms with E-state index in [0.29, 0.717) is 5.69 Å². The summed E-state index contributed by atoms with van der Waals surface area (Å²) in [6.45, 7) is 3.92. The van der Waals surface area contributed by atoms with Crippen molar-refractivity contribution in [2.75, 3.05) is 11.1 Å². The lowest BCUT2D eigenvalue weighted by molar-refractivity contribution is 0.628. The molecule has 3 N–H and O–H groups in total. The number of aryl methyl sites for hydroxylation is 2. The molecule has 0 saturated carbocycles. The third kappa shape index (κ3) is 2.56. The number of nitrogens with two attached hydrogens (primary N) is 1. The van der Waals surface area contributed by atoms with Crippen LogP contribution in [0.1, 0.15) is 11.1 Å². The van der Waals surface area contributed by atoms with E-state index < -0.39 is 0 Å². The number of anilines is 3. The van der Waals surface area contributed by atoms with Crippen molar-refractivity contribution < 1.29 is 4.39 Å². The van der Waals surface area contributed by atoms with Crippen LogP contribution in [-0.2, 0) is 0 Å². The Kier molecular flexibility index (Phi) is 3.00. The summed E-state index contributed by atoms with van der Waals surface area (Å²) in [6.07, 6.45) is 0. The first-order valence-corrected chi connectivity index (χ1v) is 5.45. The molecule has 0 atom stereocenters. The van der Waals surface area contributed by atoms with Gasteiger partial charge in [0.25, 0.3) is 0 Å². The number of benzene rings is 2. The molecular formula is C14H15FN2. The average molecular weight is 230 g/mol. The fourth-order valence-corrected chi connectivity index (χ4v) is 1.65. The van der Waals surface area contributed by atoms with E-state index in [2.05, 4.69) is 5.32 Å². The van der Waals surface area contributed by atoms with E-state index in [0.717, 1.165) is 22.5 Å². The van der Waals surface area contributed by atoms with Gasteiger partial charge in [0.2, 0.25) is 0 Å². The molecule has 2 aromatic rings. The molecule has 0 unspecified atom stereocenters. The first-order chi connectivity index (χ1) is 8.06. The number of halogens is 1. The van der Waals surface area contributed by atoms with E-state index in [4.69, 9.17) is 5.73 Å². The van der Waals surface area contributed by atoms with Crippen LogP contribution in [0.25, 0.3) is 0 Å². The van der Waals surface area contributed by atoms with Crippen LogP contribution in [0.4, 0.5) is 21.5 Å². The second kappa shape index (κ2) is 4.45. The van der Waals surface area contributed by atoms with Crippen molar-refractivity contribution in [3.63, 3.8) is 0 Å². The zero-order chi connectivity index (χ0) is 12.4. The lowest BCUT2D eigenvalue weighted by Crippen LogP contribution is -1.97. The molecule has 2 aromatic carbocycles. The Morgan fingerprint density at radius 2 is 1.53 bits per heavy atom. The van der Waals surface area contributed by atoms with Crippen LogP contribution in [0.2, 0.25) is 0 Å². The largest absolute Gasteiger partial charge is 0.399 e. The monoisotopic (exact) mass is 230 g/mol. The SMILES string of the molecule is Cc1ccc(N)cc1Nc1cc(F)ccc1C. The van der Waals surface area contributed by atoms with Crippen molar-refractivity contribution in [3.05, 3.63) is 53.3 Å². The van der Waals surface area contributed by atoms with Crippen LogP contribution in [0.5, 0.6) is 0 Å². The van der Waals surface area contributed by atoms with Gasteiger partial charge < -0.3 is 11.1 Å². The number of hydrogen-bond donors (Lipinski definition) is 2. The highest BCUT2D eigenvalue weighted by Crippen LogP contribution is 2.25. The summed E-state index contributed by atoms with van der Waals surface area (Å²) in [6, 6.07) is 10.3. The topological polar surface area (TPSA) is 38.0 Å². The fourth-order valence-electron chi connectivity index (χ4n) is 1.65. The van der Waals surface area contributed by atoms with Gasteiger partial charge in [-0.05, 0) is 49.2 Å². The molecular weight excluding hydrogens is 215 g/mol. The maximum absolute atomic E-state index is 13.2. The Bertz CT molecular complexity index is 500. The molecule has 0 heterocycles. The van der Waals surface area contributed by atoms with E-state index in [1.54, 1.807) is 6.07 Å². The van der Waals surface area contributed by atoms with Gasteiger partial charge in [-0.25, -0.2) is 4.39 Å². The van der Waals surface area contributed by atoms with Crippen molar-refractivity contribution in [1.29, 1.82) is 0 Å². The zero-order valence-electron chi connectivity index (χ0n) is 9.92. The Labute approximate surface area is 100 Å². The standard InChI is InChI=1S/C14H15FN2/c1-9-3-5-11(15)7-13(9)17-14-8-12(16)6-4-10(14)2/h3-8,17H,16H2,1-2H3. The molecule has 0 saturated heterocycles. The second-order valence-electron chi connectivity index (χ2n) is 4.16. The Morgan fingerprint density at radius 3 is 2.24 bits per heavy atom. The lowest BCUT2D eigenvalue weighted by atomic mass is 10.1. The maximum atomic E-state index is 13.2. The summed E-state index contributed by atoms with van der Waals surface area (Å²) in [5, 5.41) is 3.20. The van der Waals surface area contributed by atoms with E-state index in [1.807, 2.05) is 32.0 Å². The second-order valence-corrected chi connectivity index (χ2v) is 4.16.